The van der Waals surface area contributed by atoms with Crippen molar-refractivity contribution in [2.45, 2.75) is 10.9 Å². The molecule has 0 fully saturated rings. The maximum atomic E-state index is 12.4. The second kappa shape index (κ2) is 6.60. The molecule has 0 aliphatic heterocycles. The Morgan fingerprint density at radius 2 is 1.90 bits per heavy atom. The van der Waals surface area contributed by atoms with Crippen LogP contribution in [0.2, 0.25) is 0 Å². The van der Waals surface area contributed by atoms with Gasteiger partial charge < -0.3 is 10.5 Å². The van der Waals surface area contributed by atoms with Gasteiger partial charge in [0.25, 0.3) is 0 Å². The predicted octanol–water partition coefficient (Wildman–Crippen LogP) is 2.93. The SMILES string of the molecule is COc1cccc(C(N)CS(=O)(=O)c2ccccc2Br)c1. The van der Waals surface area contributed by atoms with E-state index in [0.717, 1.165) is 5.56 Å². The quantitative estimate of drug-likeness (QED) is 0.879. The van der Waals surface area contributed by atoms with Gasteiger partial charge in [-0.25, -0.2) is 8.42 Å². The summed E-state index contributed by atoms with van der Waals surface area (Å²) in [6, 6.07) is 13.2. The molecule has 112 valence electrons. The zero-order valence-corrected chi connectivity index (χ0v) is 13.9. The second-order valence-electron chi connectivity index (χ2n) is 4.59. The number of methoxy groups -OCH3 is 1. The molecule has 0 bridgehead atoms. The van der Waals surface area contributed by atoms with Crippen LogP contribution in [0.15, 0.2) is 57.9 Å². The Bertz CT molecular complexity index is 731. The van der Waals surface area contributed by atoms with Crippen molar-refractivity contribution in [3.05, 3.63) is 58.6 Å². The number of hydrogen-bond acceptors (Lipinski definition) is 4. The molecule has 21 heavy (non-hydrogen) atoms. The smallest absolute Gasteiger partial charge is 0.181 e. The van der Waals surface area contributed by atoms with Gasteiger partial charge in [0.05, 0.1) is 17.8 Å². The zero-order chi connectivity index (χ0) is 15.5. The third kappa shape index (κ3) is 3.84. The minimum Gasteiger partial charge on any atom is -0.497 e. The summed E-state index contributed by atoms with van der Waals surface area (Å²) in [6.45, 7) is 0. The summed E-state index contributed by atoms with van der Waals surface area (Å²) in [5.41, 5.74) is 6.77. The molecule has 2 N–H and O–H groups in total. The van der Waals surface area contributed by atoms with E-state index in [1.807, 2.05) is 0 Å². The van der Waals surface area contributed by atoms with Crippen LogP contribution < -0.4 is 10.5 Å². The second-order valence-corrected chi connectivity index (χ2v) is 7.45. The van der Waals surface area contributed by atoms with Gasteiger partial charge in [-0.05, 0) is 45.8 Å². The Hall–Kier alpha value is -1.37. The highest BCUT2D eigenvalue weighted by Crippen LogP contribution is 2.26. The monoisotopic (exact) mass is 369 g/mol. The van der Waals surface area contributed by atoms with Crippen molar-refractivity contribution in [1.29, 1.82) is 0 Å². The number of benzene rings is 2. The third-order valence-electron chi connectivity index (χ3n) is 3.09. The van der Waals surface area contributed by atoms with Crippen molar-refractivity contribution in [3.63, 3.8) is 0 Å². The van der Waals surface area contributed by atoms with Crippen LogP contribution in [0.4, 0.5) is 0 Å². The lowest BCUT2D eigenvalue weighted by molar-refractivity contribution is 0.414. The maximum Gasteiger partial charge on any atom is 0.181 e. The minimum absolute atomic E-state index is 0.164. The van der Waals surface area contributed by atoms with Crippen LogP contribution in [0.25, 0.3) is 0 Å². The summed E-state index contributed by atoms with van der Waals surface area (Å²) in [5.74, 6) is 0.490. The molecule has 0 radical (unpaired) electrons. The standard InChI is InChI=1S/C15H16BrNO3S/c1-20-12-6-4-5-11(9-12)14(17)10-21(18,19)15-8-3-2-7-13(15)16/h2-9,14H,10,17H2,1H3. The Balaban J connectivity index is 2.26. The summed E-state index contributed by atoms with van der Waals surface area (Å²) >= 11 is 3.26. The summed E-state index contributed by atoms with van der Waals surface area (Å²) in [4.78, 5) is 0.253. The van der Waals surface area contributed by atoms with Crippen molar-refractivity contribution in [3.8, 4) is 5.75 Å². The van der Waals surface area contributed by atoms with Crippen LogP contribution in [-0.2, 0) is 9.84 Å². The largest absolute Gasteiger partial charge is 0.497 e. The molecule has 2 aromatic rings. The average Bonchev–Trinajstić information content (AvgIpc) is 2.47. The van der Waals surface area contributed by atoms with Gasteiger partial charge in [0, 0.05) is 10.5 Å². The van der Waals surface area contributed by atoms with Gasteiger partial charge in [-0.3, -0.25) is 0 Å². The molecule has 0 saturated carbocycles. The van der Waals surface area contributed by atoms with E-state index in [1.165, 1.54) is 0 Å². The highest BCUT2D eigenvalue weighted by atomic mass is 79.9. The molecule has 0 aromatic heterocycles. The number of halogens is 1. The van der Waals surface area contributed by atoms with Crippen LogP contribution in [0, 0.1) is 0 Å². The fourth-order valence-electron chi connectivity index (χ4n) is 1.99. The highest BCUT2D eigenvalue weighted by molar-refractivity contribution is 9.10. The molecular weight excluding hydrogens is 354 g/mol. The summed E-state index contributed by atoms with van der Waals surface area (Å²) in [7, 11) is -1.91. The number of nitrogens with two attached hydrogens (primary N) is 1. The summed E-state index contributed by atoms with van der Waals surface area (Å²) in [5, 5.41) is 0. The van der Waals surface area contributed by atoms with Crippen molar-refractivity contribution in [2.24, 2.45) is 5.73 Å². The average molecular weight is 370 g/mol. The van der Waals surface area contributed by atoms with Crippen LogP contribution in [0.5, 0.6) is 5.75 Å². The molecule has 2 rings (SSSR count). The van der Waals surface area contributed by atoms with Crippen molar-refractivity contribution < 1.29 is 13.2 Å². The first kappa shape index (κ1) is 16.0. The van der Waals surface area contributed by atoms with E-state index in [-0.39, 0.29) is 10.6 Å². The highest BCUT2D eigenvalue weighted by Gasteiger charge is 2.22. The maximum absolute atomic E-state index is 12.4. The number of sulfone groups is 1. The van der Waals surface area contributed by atoms with Crippen LogP contribution in [-0.4, -0.2) is 21.3 Å². The minimum atomic E-state index is -3.47. The lowest BCUT2D eigenvalue weighted by Gasteiger charge is -2.14. The summed E-state index contributed by atoms with van der Waals surface area (Å²) < 4.78 is 30.6. The van der Waals surface area contributed by atoms with E-state index in [9.17, 15) is 8.42 Å². The van der Waals surface area contributed by atoms with Gasteiger partial charge in [0.1, 0.15) is 5.75 Å². The van der Waals surface area contributed by atoms with E-state index in [1.54, 1.807) is 55.6 Å². The molecular formula is C15H16BrNO3S. The van der Waals surface area contributed by atoms with Crippen LogP contribution in [0.1, 0.15) is 11.6 Å². The first-order chi connectivity index (χ1) is 9.94. The fraction of sp³-hybridized carbons (Fsp3) is 0.200. The number of ether oxygens (including phenoxy) is 1. The summed E-state index contributed by atoms with van der Waals surface area (Å²) in [6.07, 6.45) is 0. The molecule has 0 heterocycles. The molecule has 0 aliphatic carbocycles. The van der Waals surface area contributed by atoms with E-state index in [0.29, 0.717) is 10.2 Å². The van der Waals surface area contributed by atoms with E-state index in [2.05, 4.69) is 15.9 Å². The Morgan fingerprint density at radius 3 is 2.57 bits per heavy atom. The predicted molar refractivity (Wildman–Crippen MR) is 86.1 cm³/mol. The molecule has 1 atom stereocenters. The lowest BCUT2D eigenvalue weighted by Crippen LogP contribution is -2.22. The number of rotatable bonds is 5. The Kier molecular flexibility index (Phi) is 5.03. The van der Waals surface area contributed by atoms with Gasteiger partial charge >= 0.3 is 0 Å². The molecule has 4 nitrogen and oxygen atoms in total. The lowest BCUT2D eigenvalue weighted by atomic mass is 10.1. The molecule has 0 saturated heterocycles. The van der Waals surface area contributed by atoms with E-state index < -0.39 is 15.9 Å². The van der Waals surface area contributed by atoms with Crippen LogP contribution >= 0.6 is 15.9 Å². The normalized spacial score (nSPS) is 12.9. The first-order valence-electron chi connectivity index (χ1n) is 6.31. The van der Waals surface area contributed by atoms with E-state index >= 15 is 0 Å². The number of hydrogen-bond donors (Lipinski definition) is 1. The zero-order valence-electron chi connectivity index (χ0n) is 11.5. The van der Waals surface area contributed by atoms with Gasteiger partial charge in [0.15, 0.2) is 9.84 Å². The van der Waals surface area contributed by atoms with Crippen molar-refractivity contribution in [2.75, 3.05) is 12.9 Å². The van der Waals surface area contributed by atoms with Gasteiger partial charge in [-0.1, -0.05) is 24.3 Å². The molecule has 0 aliphatic rings. The van der Waals surface area contributed by atoms with Gasteiger partial charge in [-0.2, -0.15) is 0 Å². The van der Waals surface area contributed by atoms with Crippen molar-refractivity contribution >= 4 is 25.8 Å². The Labute approximate surface area is 133 Å². The molecule has 1 unspecified atom stereocenters. The fourth-order valence-corrected chi connectivity index (χ4v) is 4.51. The molecule has 0 spiro atoms. The van der Waals surface area contributed by atoms with E-state index in [4.69, 9.17) is 10.5 Å². The van der Waals surface area contributed by atoms with Crippen molar-refractivity contribution in [1.82, 2.24) is 0 Å². The molecule has 2 aromatic carbocycles. The first-order valence-corrected chi connectivity index (χ1v) is 8.75. The Morgan fingerprint density at radius 1 is 1.19 bits per heavy atom. The topological polar surface area (TPSA) is 69.4 Å². The third-order valence-corrected chi connectivity index (χ3v) is 5.87. The van der Waals surface area contributed by atoms with Gasteiger partial charge in [-0.15, -0.1) is 0 Å². The molecule has 0 amide bonds. The van der Waals surface area contributed by atoms with Gasteiger partial charge in [0.2, 0.25) is 0 Å². The van der Waals surface area contributed by atoms with Crippen LogP contribution in [0.3, 0.4) is 0 Å². The molecule has 6 heteroatoms.